The summed E-state index contributed by atoms with van der Waals surface area (Å²) >= 11 is 0. The summed E-state index contributed by atoms with van der Waals surface area (Å²) in [7, 11) is 0. The molecule has 3 heterocycles. The van der Waals surface area contributed by atoms with Crippen molar-refractivity contribution in [2.75, 3.05) is 37.6 Å². The van der Waals surface area contributed by atoms with Crippen LogP contribution in [0.1, 0.15) is 18.3 Å². The molecule has 136 valence electrons. The standard InChI is InChI=1S/C20H24FN5/c1-4-24-9-11-25(12-10-24)18-13-14(2)22-20-19(15(3)23-26(18)20)16-5-7-17(21)8-6-16/h5-8,13H,4,9-12H2,1-3H3. The molecule has 0 spiro atoms. The SMILES string of the molecule is CCN1CCN(c2cc(C)nc3c(-c4ccc(F)cc4)c(C)nn23)CC1. The van der Waals surface area contributed by atoms with Crippen LogP contribution in [0.25, 0.3) is 16.8 Å². The normalized spacial score (nSPS) is 15.8. The maximum Gasteiger partial charge on any atom is 0.165 e. The van der Waals surface area contributed by atoms with Crippen molar-refractivity contribution in [3.05, 3.63) is 47.5 Å². The zero-order chi connectivity index (χ0) is 18.3. The second-order valence-corrected chi connectivity index (χ2v) is 6.88. The van der Waals surface area contributed by atoms with Gasteiger partial charge in [-0.25, -0.2) is 9.37 Å². The van der Waals surface area contributed by atoms with Gasteiger partial charge in [-0.1, -0.05) is 19.1 Å². The van der Waals surface area contributed by atoms with Gasteiger partial charge in [0.25, 0.3) is 0 Å². The van der Waals surface area contributed by atoms with E-state index in [0.29, 0.717) is 0 Å². The highest BCUT2D eigenvalue weighted by molar-refractivity contribution is 5.81. The minimum Gasteiger partial charge on any atom is -0.354 e. The maximum atomic E-state index is 13.3. The molecule has 0 N–H and O–H groups in total. The number of aryl methyl sites for hydroxylation is 2. The van der Waals surface area contributed by atoms with Crippen LogP contribution in [0, 0.1) is 19.7 Å². The maximum absolute atomic E-state index is 13.3. The molecule has 1 fully saturated rings. The van der Waals surface area contributed by atoms with Crippen molar-refractivity contribution in [2.45, 2.75) is 20.8 Å². The first-order chi connectivity index (χ1) is 12.6. The van der Waals surface area contributed by atoms with E-state index < -0.39 is 0 Å². The van der Waals surface area contributed by atoms with Crippen molar-refractivity contribution >= 4 is 11.5 Å². The molecule has 3 aromatic rings. The minimum atomic E-state index is -0.235. The molecule has 0 amide bonds. The van der Waals surface area contributed by atoms with Gasteiger partial charge >= 0.3 is 0 Å². The molecule has 0 saturated carbocycles. The average molecular weight is 353 g/mol. The van der Waals surface area contributed by atoms with E-state index in [1.807, 2.05) is 18.4 Å². The summed E-state index contributed by atoms with van der Waals surface area (Å²) < 4.78 is 15.3. The molecule has 0 aliphatic carbocycles. The Morgan fingerprint density at radius 3 is 2.38 bits per heavy atom. The summed E-state index contributed by atoms with van der Waals surface area (Å²) in [6, 6.07) is 8.67. The number of anilines is 1. The predicted molar refractivity (Wildman–Crippen MR) is 102 cm³/mol. The van der Waals surface area contributed by atoms with Gasteiger partial charge < -0.3 is 9.80 Å². The molecule has 4 rings (SSSR count). The van der Waals surface area contributed by atoms with Gasteiger partial charge in [0.2, 0.25) is 0 Å². The lowest BCUT2D eigenvalue weighted by molar-refractivity contribution is 0.270. The van der Waals surface area contributed by atoms with Crippen LogP contribution in [-0.2, 0) is 0 Å². The molecular weight excluding hydrogens is 329 g/mol. The fourth-order valence-electron chi connectivity index (χ4n) is 3.70. The van der Waals surface area contributed by atoms with Crippen LogP contribution < -0.4 is 4.90 Å². The molecule has 1 aromatic carbocycles. The first-order valence-electron chi connectivity index (χ1n) is 9.17. The van der Waals surface area contributed by atoms with Crippen LogP contribution in [0.15, 0.2) is 30.3 Å². The highest BCUT2D eigenvalue weighted by atomic mass is 19.1. The third-order valence-electron chi connectivity index (χ3n) is 5.15. The van der Waals surface area contributed by atoms with Crippen molar-refractivity contribution in [1.82, 2.24) is 19.5 Å². The largest absolute Gasteiger partial charge is 0.354 e. The quantitative estimate of drug-likeness (QED) is 0.724. The van der Waals surface area contributed by atoms with Crippen molar-refractivity contribution in [1.29, 1.82) is 0 Å². The van der Waals surface area contributed by atoms with Gasteiger partial charge in [-0.3, -0.25) is 0 Å². The Kier molecular flexibility index (Phi) is 4.36. The number of piperazine rings is 1. The Labute approximate surface area is 153 Å². The van der Waals surface area contributed by atoms with Gasteiger partial charge in [-0.05, 0) is 38.1 Å². The summed E-state index contributed by atoms with van der Waals surface area (Å²) in [4.78, 5) is 9.59. The van der Waals surface area contributed by atoms with E-state index in [2.05, 4.69) is 22.8 Å². The predicted octanol–water partition coefficient (Wildman–Crippen LogP) is 3.29. The average Bonchev–Trinajstić information content (AvgIpc) is 2.97. The highest BCUT2D eigenvalue weighted by Crippen LogP contribution is 2.30. The Hall–Kier alpha value is -2.47. The van der Waals surface area contributed by atoms with E-state index in [9.17, 15) is 4.39 Å². The molecular formula is C20H24FN5. The molecule has 1 aliphatic rings. The van der Waals surface area contributed by atoms with Gasteiger partial charge in [0.05, 0.1) is 5.69 Å². The van der Waals surface area contributed by atoms with E-state index in [1.54, 1.807) is 12.1 Å². The number of rotatable bonds is 3. The van der Waals surface area contributed by atoms with Crippen molar-refractivity contribution in [3.63, 3.8) is 0 Å². The lowest BCUT2D eigenvalue weighted by atomic mass is 10.1. The molecule has 0 atom stereocenters. The first kappa shape index (κ1) is 17.0. The van der Waals surface area contributed by atoms with Crippen LogP contribution in [0.4, 0.5) is 10.2 Å². The van der Waals surface area contributed by atoms with E-state index in [0.717, 1.165) is 66.7 Å². The number of nitrogens with zero attached hydrogens (tertiary/aromatic N) is 5. The number of hydrogen-bond acceptors (Lipinski definition) is 4. The number of likely N-dealkylation sites (N-methyl/N-ethyl adjacent to an activating group) is 1. The number of hydrogen-bond donors (Lipinski definition) is 0. The van der Waals surface area contributed by atoms with Crippen LogP contribution in [0.3, 0.4) is 0 Å². The number of fused-ring (bicyclic) bond motifs is 1. The number of aromatic nitrogens is 3. The minimum absolute atomic E-state index is 0.235. The second kappa shape index (κ2) is 6.68. The number of halogens is 1. The molecule has 1 aliphatic heterocycles. The molecule has 0 radical (unpaired) electrons. The summed E-state index contributed by atoms with van der Waals surface area (Å²) in [5.41, 5.74) is 4.62. The van der Waals surface area contributed by atoms with Crippen molar-refractivity contribution in [3.8, 4) is 11.1 Å². The van der Waals surface area contributed by atoms with Gasteiger partial charge in [0.1, 0.15) is 11.6 Å². The zero-order valence-corrected chi connectivity index (χ0v) is 15.5. The topological polar surface area (TPSA) is 36.7 Å². The van der Waals surface area contributed by atoms with Crippen LogP contribution in [0.2, 0.25) is 0 Å². The molecule has 0 unspecified atom stereocenters. The monoisotopic (exact) mass is 353 g/mol. The summed E-state index contributed by atoms with van der Waals surface area (Å²) in [6.07, 6.45) is 0. The molecule has 0 bridgehead atoms. The molecule has 2 aromatic heterocycles. The van der Waals surface area contributed by atoms with Crippen LogP contribution in [0.5, 0.6) is 0 Å². The zero-order valence-electron chi connectivity index (χ0n) is 15.5. The Balaban J connectivity index is 1.81. The highest BCUT2D eigenvalue weighted by Gasteiger charge is 2.22. The van der Waals surface area contributed by atoms with Crippen LogP contribution in [-0.4, -0.2) is 52.2 Å². The lowest BCUT2D eigenvalue weighted by Crippen LogP contribution is -2.46. The first-order valence-corrected chi connectivity index (χ1v) is 9.17. The Morgan fingerprint density at radius 2 is 1.73 bits per heavy atom. The van der Waals surface area contributed by atoms with Gasteiger partial charge in [-0.2, -0.15) is 9.61 Å². The fraction of sp³-hybridized carbons (Fsp3) is 0.400. The van der Waals surface area contributed by atoms with Gasteiger partial charge in [0, 0.05) is 43.5 Å². The van der Waals surface area contributed by atoms with E-state index in [1.165, 1.54) is 12.1 Å². The van der Waals surface area contributed by atoms with Crippen molar-refractivity contribution in [2.24, 2.45) is 0 Å². The molecule has 1 saturated heterocycles. The molecule has 6 heteroatoms. The van der Waals surface area contributed by atoms with Crippen molar-refractivity contribution < 1.29 is 4.39 Å². The van der Waals surface area contributed by atoms with E-state index >= 15 is 0 Å². The third-order valence-corrected chi connectivity index (χ3v) is 5.15. The smallest absolute Gasteiger partial charge is 0.165 e. The summed E-state index contributed by atoms with van der Waals surface area (Å²) in [5, 5.41) is 4.77. The molecule has 5 nitrogen and oxygen atoms in total. The lowest BCUT2D eigenvalue weighted by Gasteiger charge is -2.35. The Bertz CT molecular complexity index is 924. The second-order valence-electron chi connectivity index (χ2n) is 6.88. The summed E-state index contributed by atoms with van der Waals surface area (Å²) in [5.74, 6) is 0.848. The number of benzene rings is 1. The van der Waals surface area contributed by atoms with Crippen LogP contribution >= 0.6 is 0 Å². The van der Waals surface area contributed by atoms with E-state index in [4.69, 9.17) is 10.1 Å². The fourth-order valence-corrected chi connectivity index (χ4v) is 3.70. The third kappa shape index (κ3) is 2.94. The van der Waals surface area contributed by atoms with Gasteiger partial charge in [-0.15, -0.1) is 0 Å². The summed E-state index contributed by atoms with van der Waals surface area (Å²) in [6.45, 7) is 11.4. The molecule has 26 heavy (non-hydrogen) atoms. The Morgan fingerprint density at radius 1 is 1.04 bits per heavy atom. The van der Waals surface area contributed by atoms with Gasteiger partial charge in [0.15, 0.2) is 5.65 Å². The van der Waals surface area contributed by atoms with E-state index in [-0.39, 0.29) is 5.82 Å².